The van der Waals surface area contributed by atoms with E-state index in [0.717, 1.165) is 71.4 Å². The van der Waals surface area contributed by atoms with Crippen LogP contribution in [0.2, 0.25) is 5.02 Å². The number of benzene rings is 2. The van der Waals surface area contributed by atoms with Crippen LogP contribution in [-0.2, 0) is 24.4 Å². The summed E-state index contributed by atoms with van der Waals surface area (Å²) in [7, 11) is 4.08. The van der Waals surface area contributed by atoms with E-state index in [0.29, 0.717) is 16.5 Å². The highest BCUT2D eigenvalue weighted by molar-refractivity contribution is 6.30. The minimum absolute atomic E-state index is 0.00790. The van der Waals surface area contributed by atoms with Crippen molar-refractivity contribution in [3.05, 3.63) is 88.3 Å². The average molecular weight is 620 g/mol. The molecule has 5 aromatic rings. The molecule has 230 valence electrons. The highest BCUT2D eigenvalue weighted by Crippen LogP contribution is 2.44. The average Bonchev–Trinajstić information content (AvgIpc) is 3.51. The molecule has 3 aromatic heterocycles. The largest absolute Gasteiger partial charge is 0.342 e. The van der Waals surface area contributed by atoms with E-state index >= 15 is 0 Å². The van der Waals surface area contributed by atoms with Gasteiger partial charge in [-0.3, -0.25) is 14.6 Å². The lowest BCUT2D eigenvalue weighted by Gasteiger charge is -2.41. The van der Waals surface area contributed by atoms with Gasteiger partial charge in [0, 0.05) is 36.8 Å². The van der Waals surface area contributed by atoms with Crippen LogP contribution in [0.25, 0.3) is 39.4 Å². The molecule has 45 heavy (non-hydrogen) atoms. The number of nitrogens with zero attached hydrogens (tertiary/aromatic N) is 4. The summed E-state index contributed by atoms with van der Waals surface area (Å²) in [5.41, 5.74) is 7.27. The Labute approximate surface area is 268 Å². The van der Waals surface area contributed by atoms with Crippen molar-refractivity contribution in [3.8, 4) is 11.4 Å². The van der Waals surface area contributed by atoms with Crippen molar-refractivity contribution in [1.29, 1.82) is 0 Å². The van der Waals surface area contributed by atoms with Crippen molar-refractivity contribution in [2.45, 2.75) is 69.7 Å². The zero-order valence-electron chi connectivity index (χ0n) is 26.1. The number of amides is 1. The zero-order valence-corrected chi connectivity index (χ0v) is 26.8. The van der Waals surface area contributed by atoms with Crippen LogP contribution in [0.15, 0.2) is 60.8 Å². The Morgan fingerprint density at radius 2 is 1.76 bits per heavy atom. The molecule has 8 heteroatoms. The summed E-state index contributed by atoms with van der Waals surface area (Å²) < 4.78 is 4.29. The molecule has 0 atom stereocenters. The van der Waals surface area contributed by atoms with Crippen molar-refractivity contribution in [1.82, 2.24) is 24.4 Å². The normalized spacial score (nSPS) is 16.8. The van der Waals surface area contributed by atoms with Gasteiger partial charge >= 0.3 is 0 Å². The third-order valence-corrected chi connectivity index (χ3v) is 10.1. The lowest BCUT2D eigenvalue weighted by atomic mass is 9.75. The predicted molar refractivity (Wildman–Crippen MR) is 180 cm³/mol. The van der Waals surface area contributed by atoms with E-state index in [-0.39, 0.29) is 11.7 Å². The summed E-state index contributed by atoms with van der Waals surface area (Å²) in [4.78, 5) is 35.1. The minimum Gasteiger partial charge on any atom is -0.342 e. The van der Waals surface area contributed by atoms with Gasteiger partial charge in [-0.1, -0.05) is 49.1 Å². The summed E-state index contributed by atoms with van der Waals surface area (Å²) in [6, 6.07) is 16.0. The number of aryl methyl sites for hydroxylation is 2. The molecule has 1 N–H and O–H groups in total. The number of pyridine rings is 1. The molecule has 0 unspecified atom stereocenters. The first-order chi connectivity index (χ1) is 21.7. The topological polar surface area (TPSA) is 81.8 Å². The molecule has 0 bridgehead atoms. The van der Waals surface area contributed by atoms with Gasteiger partial charge in [0.25, 0.3) is 5.91 Å². The number of carbonyl (C=O) groups is 2. The fourth-order valence-electron chi connectivity index (χ4n) is 7.41. The Hall–Kier alpha value is -4.23. The number of rotatable bonds is 7. The lowest BCUT2D eigenvalue weighted by molar-refractivity contribution is -0.112. The van der Waals surface area contributed by atoms with Crippen LogP contribution < -0.4 is 5.32 Å². The molecule has 0 spiro atoms. The Morgan fingerprint density at radius 3 is 2.44 bits per heavy atom. The molecule has 3 heterocycles. The number of fused-ring (bicyclic) bond motifs is 2. The van der Waals surface area contributed by atoms with Gasteiger partial charge in [0.2, 0.25) is 0 Å². The smallest absolute Gasteiger partial charge is 0.252 e. The van der Waals surface area contributed by atoms with E-state index in [1.807, 2.05) is 55.6 Å². The van der Waals surface area contributed by atoms with Crippen LogP contribution >= 0.6 is 11.6 Å². The first-order valence-corrected chi connectivity index (χ1v) is 16.3. The Kier molecular flexibility index (Phi) is 7.60. The van der Waals surface area contributed by atoms with Gasteiger partial charge in [-0.05, 0) is 98.5 Å². The van der Waals surface area contributed by atoms with Crippen molar-refractivity contribution in [2.24, 2.45) is 14.1 Å². The molecule has 2 fully saturated rings. The maximum absolute atomic E-state index is 14.0. The van der Waals surface area contributed by atoms with Crippen molar-refractivity contribution < 1.29 is 9.59 Å². The van der Waals surface area contributed by atoms with Gasteiger partial charge in [-0.2, -0.15) is 0 Å². The first-order valence-electron chi connectivity index (χ1n) is 16.0. The van der Waals surface area contributed by atoms with Gasteiger partial charge in [-0.25, -0.2) is 4.98 Å². The third-order valence-electron chi connectivity index (χ3n) is 9.89. The van der Waals surface area contributed by atoms with Crippen molar-refractivity contribution >= 4 is 51.3 Å². The third kappa shape index (κ3) is 5.27. The second-order valence-electron chi connectivity index (χ2n) is 12.8. The highest BCUT2D eigenvalue weighted by atomic mass is 35.5. The van der Waals surface area contributed by atoms with Gasteiger partial charge in [-0.15, -0.1) is 0 Å². The molecular formula is C37H38ClN5O2. The van der Waals surface area contributed by atoms with E-state index < -0.39 is 5.54 Å². The Balaban J connectivity index is 1.24. The predicted octanol–water partition coefficient (Wildman–Crippen LogP) is 8.24. The minimum atomic E-state index is -0.533. The lowest BCUT2D eigenvalue weighted by Crippen LogP contribution is -2.52. The number of aromatic nitrogens is 4. The van der Waals surface area contributed by atoms with E-state index in [1.54, 1.807) is 19.2 Å². The van der Waals surface area contributed by atoms with Gasteiger partial charge < -0.3 is 14.5 Å². The second-order valence-corrected chi connectivity index (χ2v) is 13.3. The molecule has 7 nitrogen and oxygen atoms in total. The number of imidazole rings is 1. The van der Waals surface area contributed by atoms with Gasteiger partial charge in [0.15, 0.2) is 5.78 Å². The monoisotopic (exact) mass is 619 g/mol. The maximum Gasteiger partial charge on any atom is 0.252 e. The second kappa shape index (κ2) is 11.6. The number of halogens is 1. The van der Waals surface area contributed by atoms with Crippen molar-refractivity contribution in [2.75, 3.05) is 0 Å². The fraction of sp³-hybridized carbons (Fsp3) is 0.351. The summed E-state index contributed by atoms with van der Waals surface area (Å²) in [6.45, 7) is 1.54. The van der Waals surface area contributed by atoms with Gasteiger partial charge in [0.1, 0.15) is 5.82 Å². The molecule has 0 radical (unpaired) electrons. The SMILES string of the molecule is CC(=O)/C=C/c1ccc2nc(C3(NC(=O)c4ccc5c(C6CCCCC6)c(-c6ccc(Cl)cn6)n(C)c5c4)CCC3)n(C)c2c1. The quantitative estimate of drug-likeness (QED) is 0.186. The summed E-state index contributed by atoms with van der Waals surface area (Å²) in [5.74, 6) is 1.23. The van der Waals surface area contributed by atoms with Crippen LogP contribution in [0.5, 0.6) is 0 Å². The molecule has 2 saturated carbocycles. The standard InChI is InChI=1S/C37H38ClN5O2/c1-23(44)10-11-24-12-16-29-32(20-24)43(3)36(40-29)37(18-7-19-37)41-35(45)26-13-15-28-31(21-26)42(2)34(30-17-14-27(38)22-39-30)33(28)25-8-5-4-6-9-25/h10-17,20-22,25H,4-9,18-19H2,1-3H3,(H,41,45)/b11-10+. The van der Waals surface area contributed by atoms with Crippen molar-refractivity contribution in [3.63, 3.8) is 0 Å². The Morgan fingerprint density at radius 1 is 0.956 bits per heavy atom. The molecule has 2 aliphatic rings. The number of nitrogens with one attached hydrogen (secondary N) is 1. The molecule has 7 rings (SSSR count). The summed E-state index contributed by atoms with van der Waals surface area (Å²) >= 11 is 6.20. The Bertz CT molecular complexity index is 1970. The van der Waals surface area contributed by atoms with E-state index in [4.69, 9.17) is 21.6 Å². The molecule has 2 aliphatic carbocycles. The number of carbonyl (C=O) groups excluding carboxylic acids is 2. The van der Waals surface area contributed by atoms with Crippen LogP contribution in [0.3, 0.4) is 0 Å². The van der Waals surface area contributed by atoms with E-state index in [1.165, 1.54) is 30.2 Å². The van der Waals surface area contributed by atoms with E-state index in [2.05, 4.69) is 27.6 Å². The summed E-state index contributed by atoms with van der Waals surface area (Å²) in [5, 5.41) is 5.22. The molecule has 1 amide bonds. The van der Waals surface area contributed by atoms with Gasteiger partial charge in [0.05, 0.1) is 33.0 Å². The molecule has 0 aliphatic heterocycles. The van der Waals surface area contributed by atoms with Crippen LogP contribution in [-0.4, -0.2) is 30.8 Å². The number of hydrogen-bond acceptors (Lipinski definition) is 4. The van der Waals surface area contributed by atoms with Crippen LogP contribution in [0.1, 0.15) is 91.5 Å². The number of ketones is 1. The first kappa shape index (κ1) is 29.5. The molecule has 0 saturated heterocycles. The van der Waals surface area contributed by atoms with Crippen LogP contribution in [0.4, 0.5) is 0 Å². The molecule has 2 aromatic carbocycles. The van der Waals surface area contributed by atoms with Crippen LogP contribution in [0, 0.1) is 0 Å². The molecular weight excluding hydrogens is 582 g/mol. The van der Waals surface area contributed by atoms with E-state index in [9.17, 15) is 9.59 Å². The fourth-order valence-corrected chi connectivity index (χ4v) is 7.53. The number of allylic oxidation sites excluding steroid dienone is 1. The number of hydrogen-bond donors (Lipinski definition) is 1. The maximum atomic E-state index is 14.0. The highest BCUT2D eigenvalue weighted by Gasteiger charge is 2.44. The zero-order chi connectivity index (χ0) is 31.3. The summed E-state index contributed by atoms with van der Waals surface area (Å²) in [6.07, 6.45) is 13.9.